The van der Waals surface area contributed by atoms with Gasteiger partial charge < -0.3 is 10.4 Å². The maximum Gasteiger partial charge on any atom is 0.471 e. The minimum atomic E-state index is -4.89. The second kappa shape index (κ2) is 11.3. The quantitative estimate of drug-likeness (QED) is 0.511. The van der Waals surface area contributed by atoms with Crippen molar-refractivity contribution in [3.63, 3.8) is 0 Å². The predicted octanol–water partition coefficient (Wildman–Crippen LogP) is 5.41. The first-order valence-electron chi connectivity index (χ1n) is 8.65. The van der Waals surface area contributed by atoms with E-state index in [0.29, 0.717) is 0 Å². The first-order valence-corrected chi connectivity index (χ1v) is 8.65. The summed E-state index contributed by atoms with van der Waals surface area (Å²) in [4.78, 5) is 21.2. The molecule has 26 heavy (non-hydrogen) atoms. The number of carboxylic acids is 1. The second-order valence-electron chi connectivity index (χ2n) is 6.03. The van der Waals surface area contributed by atoms with Crippen LogP contribution >= 0.6 is 0 Å². The SMILES string of the molecule is O=C(O)CCCCCCCC/C=C/c1ccc(NC(=O)C(F)(F)F)cc1. The molecule has 0 aliphatic heterocycles. The van der Waals surface area contributed by atoms with E-state index in [1.165, 1.54) is 12.1 Å². The highest BCUT2D eigenvalue weighted by Gasteiger charge is 2.38. The van der Waals surface area contributed by atoms with Crippen molar-refractivity contribution >= 4 is 23.6 Å². The van der Waals surface area contributed by atoms with Crippen molar-refractivity contribution in [1.29, 1.82) is 0 Å². The molecule has 1 amide bonds. The zero-order chi connectivity index (χ0) is 19.4. The smallest absolute Gasteiger partial charge is 0.471 e. The highest BCUT2D eigenvalue weighted by molar-refractivity contribution is 5.94. The molecule has 0 spiro atoms. The maximum absolute atomic E-state index is 12.2. The number of alkyl halides is 3. The molecule has 4 nitrogen and oxygen atoms in total. The fourth-order valence-corrected chi connectivity index (χ4v) is 2.34. The lowest BCUT2D eigenvalue weighted by Gasteiger charge is -2.07. The van der Waals surface area contributed by atoms with Crippen molar-refractivity contribution in [2.24, 2.45) is 0 Å². The number of nitrogens with one attached hydrogen (secondary N) is 1. The molecular formula is C19H24F3NO3. The topological polar surface area (TPSA) is 66.4 Å². The maximum atomic E-state index is 12.2. The number of hydrogen-bond donors (Lipinski definition) is 2. The van der Waals surface area contributed by atoms with Gasteiger partial charge in [0.25, 0.3) is 0 Å². The van der Waals surface area contributed by atoms with Crippen LogP contribution in [0.1, 0.15) is 56.9 Å². The Kier molecular flexibility index (Phi) is 9.47. The molecule has 0 aliphatic rings. The number of hydrogen-bond acceptors (Lipinski definition) is 2. The number of amides is 1. The fourth-order valence-electron chi connectivity index (χ4n) is 2.34. The van der Waals surface area contributed by atoms with Crippen molar-refractivity contribution in [2.45, 2.75) is 57.5 Å². The summed E-state index contributed by atoms with van der Waals surface area (Å²) in [5.41, 5.74) is 0.955. The van der Waals surface area contributed by atoms with Gasteiger partial charge >= 0.3 is 18.1 Å². The molecule has 1 aromatic carbocycles. The number of benzene rings is 1. The molecule has 0 aromatic heterocycles. The Morgan fingerprint density at radius 2 is 1.54 bits per heavy atom. The number of unbranched alkanes of at least 4 members (excludes halogenated alkanes) is 6. The van der Waals surface area contributed by atoms with Crippen LogP contribution in [0.2, 0.25) is 0 Å². The minimum Gasteiger partial charge on any atom is -0.481 e. The molecule has 0 atom stereocenters. The van der Waals surface area contributed by atoms with Gasteiger partial charge in [-0.05, 0) is 37.0 Å². The number of carbonyl (C=O) groups is 2. The molecule has 1 aromatic rings. The number of carbonyl (C=O) groups excluding carboxylic acids is 1. The van der Waals surface area contributed by atoms with E-state index in [1.807, 2.05) is 12.2 Å². The molecule has 7 heteroatoms. The van der Waals surface area contributed by atoms with Crippen LogP contribution in [0.3, 0.4) is 0 Å². The Labute approximate surface area is 151 Å². The molecule has 0 bridgehead atoms. The lowest BCUT2D eigenvalue weighted by atomic mass is 10.1. The molecule has 2 N–H and O–H groups in total. The van der Waals surface area contributed by atoms with Gasteiger partial charge in [0, 0.05) is 12.1 Å². The molecule has 0 radical (unpaired) electrons. The monoisotopic (exact) mass is 371 g/mol. The van der Waals surface area contributed by atoms with Gasteiger partial charge in [-0.1, -0.05) is 50.0 Å². The van der Waals surface area contributed by atoms with Crippen molar-refractivity contribution < 1.29 is 27.9 Å². The van der Waals surface area contributed by atoms with Crippen LogP contribution in [0, 0.1) is 0 Å². The summed E-state index contributed by atoms with van der Waals surface area (Å²) in [6.07, 6.45) is 6.07. The van der Waals surface area contributed by atoms with Crippen LogP contribution in [0.25, 0.3) is 6.08 Å². The summed E-state index contributed by atoms with van der Waals surface area (Å²) in [5.74, 6) is -2.73. The lowest BCUT2D eigenvalue weighted by Crippen LogP contribution is -2.29. The van der Waals surface area contributed by atoms with E-state index in [4.69, 9.17) is 5.11 Å². The van der Waals surface area contributed by atoms with Crippen molar-refractivity contribution in [3.8, 4) is 0 Å². The Morgan fingerprint density at radius 3 is 2.12 bits per heavy atom. The van der Waals surface area contributed by atoms with Gasteiger partial charge in [0.1, 0.15) is 0 Å². The van der Waals surface area contributed by atoms with Crippen LogP contribution < -0.4 is 5.32 Å². The lowest BCUT2D eigenvalue weighted by molar-refractivity contribution is -0.167. The number of anilines is 1. The third-order valence-electron chi connectivity index (χ3n) is 3.75. The average Bonchev–Trinajstić information content (AvgIpc) is 2.57. The van der Waals surface area contributed by atoms with Gasteiger partial charge in [0.2, 0.25) is 0 Å². The number of rotatable bonds is 11. The molecule has 0 saturated heterocycles. The average molecular weight is 371 g/mol. The van der Waals surface area contributed by atoms with Crippen LogP contribution in [0.5, 0.6) is 0 Å². The van der Waals surface area contributed by atoms with Gasteiger partial charge in [-0.25, -0.2) is 0 Å². The van der Waals surface area contributed by atoms with E-state index in [0.717, 1.165) is 50.5 Å². The van der Waals surface area contributed by atoms with Crippen LogP contribution in [0.15, 0.2) is 30.3 Å². The summed E-state index contributed by atoms with van der Waals surface area (Å²) in [7, 11) is 0. The molecule has 144 valence electrons. The second-order valence-corrected chi connectivity index (χ2v) is 6.03. The van der Waals surface area contributed by atoms with Gasteiger partial charge in [-0.3, -0.25) is 9.59 Å². The van der Waals surface area contributed by atoms with Gasteiger partial charge in [-0.15, -0.1) is 0 Å². The molecule has 0 heterocycles. The molecule has 0 fully saturated rings. The Bertz CT molecular complexity index is 595. The third kappa shape index (κ3) is 9.86. The largest absolute Gasteiger partial charge is 0.481 e. The van der Waals surface area contributed by atoms with E-state index in [2.05, 4.69) is 0 Å². The summed E-state index contributed by atoms with van der Waals surface area (Å²) in [6, 6.07) is 6.15. The van der Waals surface area contributed by atoms with Gasteiger partial charge in [0.15, 0.2) is 0 Å². The summed E-state index contributed by atoms with van der Waals surface area (Å²) in [6.45, 7) is 0. The standard InChI is InChI=1S/C19H24F3NO3/c20-19(21,22)18(26)23-16-13-11-15(12-14-16)9-7-5-3-1-2-4-6-8-10-17(24)25/h7,9,11-14H,1-6,8,10H2,(H,23,26)(H,24,25)/b9-7+. The third-order valence-corrected chi connectivity index (χ3v) is 3.75. The number of carboxylic acid groups (broad SMARTS) is 1. The summed E-state index contributed by atoms with van der Waals surface area (Å²) >= 11 is 0. The van der Waals surface area contributed by atoms with E-state index in [-0.39, 0.29) is 12.1 Å². The number of halogens is 3. The normalized spacial score (nSPS) is 11.7. The Hall–Kier alpha value is -2.31. The minimum absolute atomic E-state index is 0.104. The summed E-state index contributed by atoms with van der Waals surface area (Å²) in [5, 5.41) is 10.3. The number of aliphatic carboxylic acids is 1. The van der Waals surface area contributed by atoms with Crippen LogP contribution in [-0.2, 0) is 9.59 Å². The summed E-state index contributed by atoms with van der Waals surface area (Å²) < 4.78 is 36.5. The molecular weight excluding hydrogens is 347 g/mol. The zero-order valence-corrected chi connectivity index (χ0v) is 14.5. The van der Waals surface area contributed by atoms with Crippen molar-refractivity contribution in [1.82, 2.24) is 0 Å². The van der Waals surface area contributed by atoms with Crippen molar-refractivity contribution in [3.05, 3.63) is 35.9 Å². The van der Waals surface area contributed by atoms with E-state index in [9.17, 15) is 22.8 Å². The van der Waals surface area contributed by atoms with E-state index in [1.54, 1.807) is 17.4 Å². The zero-order valence-electron chi connectivity index (χ0n) is 14.5. The molecule has 0 unspecified atom stereocenters. The predicted molar refractivity (Wildman–Crippen MR) is 94.7 cm³/mol. The Morgan fingerprint density at radius 1 is 0.962 bits per heavy atom. The number of allylic oxidation sites excluding steroid dienone is 1. The fraction of sp³-hybridized carbons (Fsp3) is 0.474. The highest BCUT2D eigenvalue weighted by atomic mass is 19.4. The molecule has 0 aliphatic carbocycles. The molecule has 0 saturated carbocycles. The first kappa shape index (κ1) is 21.7. The first-order chi connectivity index (χ1) is 12.3. The van der Waals surface area contributed by atoms with Crippen molar-refractivity contribution in [2.75, 3.05) is 5.32 Å². The van der Waals surface area contributed by atoms with Crippen LogP contribution in [-0.4, -0.2) is 23.2 Å². The Balaban J connectivity index is 2.18. The highest BCUT2D eigenvalue weighted by Crippen LogP contribution is 2.19. The van der Waals surface area contributed by atoms with Gasteiger partial charge in [0.05, 0.1) is 0 Å². The van der Waals surface area contributed by atoms with E-state index >= 15 is 0 Å². The van der Waals surface area contributed by atoms with Gasteiger partial charge in [-0.2, -0.15) is 13.2 Å². The van der Waals surface area contributed by atoms with E-state index < -0.39 is 18.1 Å². The van der Waals surface area contributed by atoms with Crippen LogP contribution in [0.4, 0.5) is 18.9 Å². The molecule has 1 rings (SSSR count).